The molecule has 0 radical (unpaired) electrons. The van der Waals surface area contributed by atoms with Crippen LogP contribution in [0, 0.1) is 0 Å². The van der Waals surface area contributed by atoms with E-state index in [1.54, 1.807) is 0 Å². The first-order valence-corrected chi connectivity index (χ1v) is 10.6. The van der Waals surface area contributed by atoms with Crippen molar-refractivity contribution in [2.45, 2.75) is 70.4 Å². The summed E-state index contributed by atoms with van der Waals surface area (Å²) in [6.45, 7) is 6.35. The summed E-state index contributed by atoms with van der Waals surface area (Å²) >= 11 is 0. The van der Waals surface area contributed by atoms with Crippen LogP contribution in [0.4, 0.5) is 4.79 Å². The lowest BCUT2D eigenvalue weighted by molar-refractivity contribution is 0.0548. The smallest absolute Gasteiger partial charge is 0.317 e. The number of carbonyl (C=O) groups excluding carboxylic acids is 1. The second kappa shape index (κ2) is 9.96. The maximum absolute atomic E-state index is 12.7. The molecule has 3 rings (SSSR count). The maximum Gasteiger partial charge on any atom is 0.317 e. The number of nitrogens with one attached hydrogen (secondary N) is 1. The number of carbonyl (C=O) groups is 1. The molecule has 144 valence electrons. The lowest BCUT2D eigenvalue weighted by Crippen LogP contribution is -2.58. The average molecular weight is 358 g/mol. The van der Waals surface area contributed by atoms with Gasteiger partial charge in [0, 0.05) is 25.2 Å². The zero-order valence-corrected chi connectivity index (χ0v) is 16.3. The van der Waals surface area contributed by atoms with E-state index in [4.69, 9.17) is 0 Å². The molecular formula is C22H35N3O. The van der Waals surface area contributed by atoms with E-state index in [1.807, 2.05) is 0 Å². The van der Waals surface area contributed by atoms with Crippen molar-refractivity contribution in [2.75, 3.05) is 26.2 Å². The Bertz CT molecular complexity index is 542. The fourth-order valence-electron chi connectivity index (χ4n) is 4.54. The van der Waals surface area contributed by atoms with Crippen molar-refractivity contribution in [1.29, 1.82) is 0 Å². The molecule has 1 N–H and O–H groups in total. The Hall–Kier alpha value is -1.55. The number of nitrogens with zero attached hydrogens (tertiary/aromatic N) is 2. The van der Waals surface area contributed by atoms with Crippen molar-refractivity contribution in [3.63, 3.8) is 0 Å². The molecule has 2 unspecified atom stereocenters. The average Bonchev–Trinajstić information content (AvgIpc) is 2.69. The molecule has 1 aromatic rings. The van der Waals surface area contributed by atoms with Gasteiger partial charge in [0.1, 0.15) is 0 Å². The van der Waals surface area contributed by atoms with E-state index in [2.05, 4.69) is 52.4 Å². The number of urea groups is 1. The van der Waals surface area contributed by atoms with Gasteiger partial charge in [0.25, 0.3) is 0 Å². The van der Waals surface area contributed by atoms with Crippen molar-refractivity contribution in [2.24, 2.45) is 0 Å². The van der Waals surface area contributed by atoms with Crippen LogP contribution in [-0.2, 0) is 6.42 Å². The van der Waals surface area contributed by atoms with Gasteiger partial charge in [-0.2, -0.15) is 0 Å². The molecule has 2 aliphatic heterocycles. The summed E-state index contributed by atoms with van der Waals surface area (Å²) in [6.07, 6.45) is 9.62. The lowest BCUT2D eigenvalue weighted by atomic mass is 9.94. The summed E-state index contributed by atoms with van der Waals surface area (Å²) < 4.78 is 0. The zero-order chi connectivity index (χ0) is 18.2. The van der Waals surface area contributed by atoms with Gasteiger partial charge in [-0.3, -0.25) is 4.90 Å². The van der Waals surface area contributed by atoms with Crippen LogP contribution >= 0.6 is 0 Å². The number of unbranched alkanes of at least 4 members (excludes halogenated alkanes) is 1. The Balaban J connectivity index is 1.39. The Morgan fingerprint density at radius 2 is 1.81 bits per heavy atom. The highest BCUT2D eigenvalue weighted by molar-refractivity contribution is 5.74. The third-order valence-corrected chi connectivity index (χ3v) is 6.08. The lowest BCUT2D eigenvalue weighted by Gasteiger charge is -2.45. The van der Waals surface area contributed by atoms with Crippen LogP contribution in [-0.4, -0.2) is 54.1 Å². The first-order valence-electron chi connectivity index (χ1n) is 10.6. The van der Waals surface area contributed by atoms with Crippen LogP contribution in [0.3, 0.4) is 0 Å². The topological polar surface area (TPSA) is 35.6 Å². The van der Waals surface area contributed by atoms with Crippen LogP contribution < -0.4 is 5.32 Å². The van der Waals surface area contributed by atoms with E-state index >= 15 is 0 Å². The molecule has 2 saturated heterocycles. The second-order valence-corrected chi connectivity index (χ2v) is 7.91. The minimum Gasteiger partial charge on any atom is -0.338 e. The molecule has 2 heterocycles. The largest absolute Gasteiger partial charge is 0.338 e. The molecule has 0 bridgehead atoms. The van der Waals surface area contributed by atoms with Gasteiger partial charge in [0.2, 0.25) is 0 Å². The second-order valence-electron chi connectivity index (χ2n) is 7.91. The number of piperidine rings is 2. The predicted octanol–water partition coefficient (Wildman–Crippen LogP) is 4.06. The van der Waals surface area contributed by atoms with Crippen LogP contribution in [0.15, 0.2) is 30.3 Å². The molecule has 2 aliphatic rings. The van der Waals surface area contributed by atoms with Crippen molar-refractivity contribution < 1.29 is 4.79 Å². The van der Waals surface area contributed by atoms with Crippen molar-refractivity contribution in [1.82, 2.24) is 15.1 Å². The van der Waals surface area contributed by atoms with Crippen LogP contribution in [0.1, 0.15) is 57.4 Å². The van der Waals surface area contributed by atoms with Crippen LogP contribution in [0.2, 0.25) is 0 Å². The molecule has 4 nitrogen and oxygen atoms in total. The summed E-state index contributed by atoms with van der Waals surface area (Å²) in [5.41, 5.74) is 1.38. The van der Waals surface area contributed by atoms with Gasteiger partial charge < -0.3 is 10.2 Å². The highest BCUT2D eigenvalue weighted by Gasteiger charge is 2.34. The van der Waals surface area contributed by atoms with Gasteiger partial charge >= 0.3 is 6.03 Å². The Kier molecular flexibility index (Phi) is 7.36. The normalized spacial score (nSPS) is 24.4. The summed E-state index contributed by atoms with van der Waals surface area (Å²) in [4.78, 5) is 17.4. The van der Waals surface area contributed by atoms with E-state index in [9.17, 15) is 4.79 Å². The third-order valence-electron chi connectivity index (χ3n) is 6.08. The first kappa shape index (κ1) is 19.2. The quantitative estimate of drug-likeness (QED) is 0.780. The monoisotopic (exact) mass is 357 g/mol. The van der Waals surface area contributed by atoms with Gasteiger partial charge in [-0.25, -0.2) is 4.79 Å². The molecule has 26 heavy (non-hydrogen) atoms. The summed E-state index contributed by atoms with van der Waals surface area (Å²) in [5.74, 6) is 0. The number of rotatable bonds is 6. The fraction of sp³-hybridized carbons (Fsp3) is 0.682. The van der Waals surface area contributed by atoms with E-state index < -0.39 is 0 Å². The molecule has 0 aromatic heterocycles. The number of hydrogen-bond donors (Lipinski definition) is 1. The summed E-state index contributed by atoms with van der Waals surface area (Å²) in [5, 5.41) is 3.16. The van der Waals surface area contributed by atoms with Crippen LogP contribution in [0.5, 0.6) is 0 Å². The molecule has 2 amide bonds. The highest BCUT2D eigenvalue weighted by Crippen LogP contribution is 2.25. The van der Waals surface area contributed by atoms with Gasteiger partial charge in [-0.1, -0.05) is 36.8 Å². The molecule has 2 fully saturated rings. The van der Waals surface area contributed by atoms with E-state index in [-0.39, 0.29) is 6.03 Å². The van der Waals surface area contributed by atoms with Gasteiger partial charge in [0.15, 0.2) is 0 Å². The Morgan fingerprint density at radius 1 is 1.04 bits per heavy atom. The number of amides is 2. The van der Waals surface area contributed by atoms with E-state index in [0.29, 0.717) is 12.1 Å². The number of hydrogen-bond acceptors (Lipinski definition) is 2. The fourth-order valence-corrected chi connectivity index (χ4v) is 4.54. The highest BCUT2D eigenvalue weighted by atomic mass is 16.2. The standard InChI is InChI=1S/C22H35N3O/c1-19-21(24-16-8-3-9-17-24)14-10-18-25(19)22(26)23-15-7-6-13-20-11-4-2-5-12-20/h2,4-5,11-12,19,21H,3,6-10,13-18H2,1H3,(H,23,26). The molecule has 2 atom stereocenters. The first-order chi connectivity index (χ1) is 12.8. The molecule has 0 saturated carbocycles. The SMILES string of the molecule is CC1C(N2CCCCC2)CCCN1C(=O)NCCCCc1ccccc1. The minimum atomic E-state index is 0.138. The molecule has 0 aliphatic carbocycles. The van der Waals surface area contributed by atoms with E-state index in [1.165, 1.54) is 44.3 Å². The van der Waals surface area contributed by atoms with Gasteiger partial charge in [0.05, 0.1) is 0 Å². The Morgan fingerprint density at radius 3 is 2.58 bits per heavy atom. The maximum atomic E-state index is 12.7. The number of likely N-dealkylation sites (tertiary alicyclic amines) is 2. The summed E-state index contributed by atoms with van der Waals surface area (Å²) in [7, 11) is 0. The van der Waals surface area contributed by atoms with Crippen molar-refractivity contribution in [3.8, 4) is 0 Å². The van der Waals surface area contributed by atoms with Gasteiger partial charge in [-0.15, -0.1) is 0 Å². The molecule has 4 heteroatoms. The van der Waals surface area contributed by atoms with Gasteiger partial charge in [-0.05, 0) is 70.5 Å². The Labute approximate surface area is 158 Å². The van der Waals surface area contributed by atoms with Crippen molar-refractivity contribution >= 4 is 6.03 Å². The zero-order valence-electron chi connectivity index (χ0n) is 16.3. The van der Waals surface area contributed by atoms with E-state index in [0.717, 1.165) is 38.8 Å². The number of aryl methyl sites for hydroxylation is 1. The third kappa shape index (κ3) is 5.23. The molecule has 0 spiro atoms. The summed E-state index contributed by atoms with van der Waals surface area (Å²) in [6, 6.07) is 11.6. The minimum absolute atomic E-state index is 0.138. The molecular weight excluding hydrogens is 322 g/mol. The predicted molar refractivity (Wildman–Crippen MR) is 107 cm³/mol. The molecule has 1 aromatic carbocycles. The van der Waals surface area contributed by atoms with Crippen LogP contribution in [0.25, 0.3) is 0 Å². The number of benzene rings is 1. The van der Waals surface area contributed by atoms with Crippen molar-refractivity contribution in [3.05, 3.63) is 35.9 Å².